The molecule has 8 rings (SSSR count). The van der Waals surface area contributed by atoms with Gasteiger partial charge in [-0.1, -0.05) is 173 Å². The molecule has 0 heterocycles. The van der Waals surface area contributed by atoms with Gasteiger partial charge in [-0.15, -0.1) is 60.1 Å². The van der Waals surface area contributed by atoms with Gasteiger partial charge in [-0.05, 0) is 50.3 Å². The molecule has 326 valence electrons. The summed E-state index contributed by atoms with van der Waals surface area (Å²) >= 11 is 1.30. The molecular weight excluding hydrogens is 871 g/mol. The first kappa shape index (κ1) is 54.3. The van der Waals surface area contributed by atoms with Gasteiger partial charge >= 0.3 is 28.4 Å². The van der Waals surface area contributed by atoms with Crippen LogP contribution in [0, 0.1) is 24.3 Å². The Kier molecular flexibility index (Phi) is 21.2. The molecule has 0 amide bonds. The molecule has 0 saturated heterocycles. The average Bonchev–Trinajstić information content (AvgIpc) is 3.93. The van der Waals surface area contributed by atoms with E-state index in [1.165, 1.54) is 91.0 Å². The van der Waals surface area contributed by atoms with E-state index >= 15 is 0 Å². The normalized spacial score (nSPS) is 12.1. The summed E-state index contributed by atoms with van der Waals surface area (Å²) in [4.78, 5) is 0. The third kappa shape index (κ3) is 15.4. The molecule has 6 aromatic carbocycles. The van der Waals surface area contributed by atoms with Crippen molar-refractivity contribution in [3.8, 4) is 33.4 Å². The Hall–Kier alpha value is -3.87. The first-order chi connectivity index (χ1) is 28.3. The Morgan fingerprint density at radius 3 is 1.32 bits per heavy atom. The minimum atomic E-state index is 0. The molecule has 0 aromatic heterocycles. The summed E-state index contributed by atoms with van der Waals surface area (Å²) in [7, 11) is 0. The van der Waals surface area contributed by atoms with Crippen LogP contribution in [0.25, 0.3) is 33.4 Å². The van der Waals surface area contributed by atoms with Gasteiger partial charge in [0.1, 0.15) is 0 Å². The second kappa shape index (κ2) is 24.3. The standard InChI is InChI=1S/C33H33.2C10H13.C5H5.CH2.2ClH.Zr/c1-32(2,3)30-20-26-24(18-28(30)22-13-9-7-10-14-22)17-25-19-29(23-15-11-8-12-16-23)31(21-27(25)26)33(4,5)6;2*1-10(2,3)9-7-5-4-6-8-9;1-2-4-5-3-1;;;;/h7-16,18,20-21H,17H2,1-6H3;2*5-8H,1-3H3;1-3H,4H2;1H2;2*1H;/q4*-1;;;;. The van der Waals surface area contributed by atoms with Crippen molar-refractivity contribution in [2.24, 2.45) is 0 Å². The van der Waals surface area contributed by atoms with Gasteiger partial charge in [0.15, 0.2) is 0 Å². The summed E-state index contributed by atoms with van der Waals surface area (Å²) < 4.78 is 3.34. The first-order valence-corrected chi connectivity index (χ1v) is 23.0. The third-order valence-corrected chi connectivity index (χ3v) is 10.6. The number of hydrogen-bond acceptors (Lipinski definition) is 0. The zero-order chi connectivity index (χ0) is 44.1. The van der Waals surface area contributed by atoms with Crippen molar-refractivity contribution < 1.29 is 24.2 Å². The van der Waals surface area contributed by atoms with Crippen molar-refractivity contribution in [1.82, 2.24) is 0 Å². The van der Waals surface area contributed by atoms with Gasteiger partial charge in [0.05, 0.1) is 0 Å². The molecule has 0 bridgehead atoms. The molecule has 0 saturated carbocycles. The molecule has 0 unspecified atom stereocenters. The predicted octanol–water partition coefficient (Wildman–Crippen LogP) is 16.7. The van der Waals surface area contributed by atoms with Crippen LogP contribution >= 0.6 is 24.8 Å². The second-order valence-electron chi connectivity index (χ2n) is 19.5. The Morgan fingerprint density at radius 2 is 0.952 bits per heavy atom. The topological polar surface area (TPSA) is 0 Å². The van der Waals surface area contributed by atoms with Gasteiger partial charge in [-0.25, -0.2) is 12.2 Å². The fourth-order valence-electron chi connectivity index (χ4n) is 7.22. The number of hydrogen-bond donors (Lipinski definition) is 0. The fourth-order valence-corrected chi connectivity index (χ4v) is 7.22. The van der Waals surface area contributed by atoms with Crippen molar-refractivity contribution in [2.45, 2.75) is 118 Å². The molecule has 0 aliphatic heterocycles. The fraction of sp³-hybridized carbons (Fsp3) is 0.305. The van der Waals surface area contributed by atoms with E-state index in [1.807, 2.05) is 36.4 Å². The number of allylic oxidation sites excluding steroid dienone is 4. The SMILES string of the molecule is CC(C)(C)c1cc2c([c-]c1-c1ccccc1)Cc1cc(-c3ccccc3)c(C(C)(C)C)cc1-2.CC(C)(C)c1cc[c-]cc1.CC(C)(C)c1cc[c-]cc1.Cl.Cl.[C-]1=CC=CC1.[CH2]=[Zr]. The van der Waals surface area contributed by atoms with Crippen molar-refractivity contribution in [2.75, 3.05) is 0 Å². The average molecular weight is 939 g/mol. The van der Waals surface area contributed by atoms with Crippen molar-refractivity contribution in [3.05, 3.63) is 203 Å². The van der Waals surface area contributed by atoms with E-state index in [0.717, 1.165) is 12.8 Å². The molecule has 2 aliphatic carbocycles. The van der Waals surface area contributed by atoms with E-state index < -0.39 is 0 Å². The molecule has 0 spiro atoms. The molecule has 0 atom stereocenters. The number of halogens is 2. The number of benzene rings is 6. The monoisotopic (exact) mass is 936 g/mol. The minimum absolute atomic E-state index is 0. The molecule has 3 heteroatoms. The van der Waals surface area contributed by atoms with Crippen LogP contribution in [0.4, 0.5) is 0 Å². The molecule has 0 radical (unpaired) electrons. The van der Waals surface area contributed by atoms with Crippen molar-refractivity contribution >= 4 is 29.0 Å². The van der Waals surface area contributed by atoms with Crippen LogP contribution in [0.15, 0.2) is 146 Å². The molecule has 2 aliphatic rings. The molecule has 6 aromatic rings. The van der Waals surface area contributed by atoms with Crippen LogP contribution in [0.5, 0.6) is 0 Å². The maximum atomic E-state index is 3.88. The van der Waals surface area contributed by atoms with Gasteiger partial charge < -0.3 is 0 Å². The predicted molar refractivity (Wildman–Crippen MR) is 273 cm³/mol. The van der Waals surface area contributed by atoms with Crippen LogP contribution < -0.4 is 0 Å². The van der Waals surface area contributed by atoms with Crippen LogP contribution in [-0.2, 0) is 52.3 Å². The Labute approximate surface area is 404 Å². The van der Waals surface area contributed by atoms with Crippen LogP contribution in [0.2, 0.25) is 0 Å². The number of rotatable bonds is 2. The van der Waals surface area contributed by atoms with E-state index in [9.17, 15) is 0 Å². The molecule has 0 fully saturated rings. The summed E-state index contributed by atoms with van der Waals surface area (Å²) in [5, 5.41) is 0. The van der Waals surface area contributed by atoms with Crippen molar-refractivity contribution in [1.29, 1.82) is 0 Å². The molecule has 0 nitrogen and oxygen atoms in total. The van der Waals surface area contributed by atoms with Gasteiger partial charge in [-0.2, -0.15) is 77.9 Å². The molecular formula is C59H68Cl2Zr-4. The third-order valence-electron chi connectivity index (χ3n) is 10.6. The summed E-state index contributed by atoms with van der Waals surface area (Å²) in [6.45, 7) is 27.2. The Balaban J connectivity index is 0.000000371. The van der Waals surface area contributed by atoms with E-state index in [1.54, 1.807) is 0 Å². The van der Waals surface area contributed by atoms with Crippen molar-refractivity contribution in [3.63, 3.8) is 0 Å². The Morgan fingerprint density at radius 1 is 0.500 bits per heavy atom. The summed E-state index contributed by atoms with van der Waals surface area (Å²) in [5.41, 5.74) is 16.8. The van der Waals surface area contributed by atoms with E-state index in [0.29, 0.717) is 0 Å². The number of fused-ring (bicyclic) bond motifs is 3. The van der Waals surface area contributed by atoms with Gasteiger partial charge in [0.2, 0.25) is 0 Å². The summed E-state index contributed by atoms with van der Waals surface area (Å²) in [6, 6.07) is 55.1. The van der Waals surface area contributed by atoms with Gasteiger partial charge in [0, 0.05) is 0 Å². The zero-order valence-corrected chi connectivity index (χ0v) is 43.4. The summed E-state index contributed by atoms with van der Waals surface area (Å²) in [6.07, 6.45) is 10.9. The van der Waals surface area contributed by atoms with Gasteiger partial charge in [0.25, 0.3) is 0 Å². The van der Waals surface area contributed by atoms with E-state index in [-0.39, 0.29) is 46.5 Å². The molecule has 0 N–H and O–H groups in total. The van der Waals surface area contributed by atoms with Gasteiger partial charge in [-0.3, -0.25) is 6.08 Å². The van der Waals surface area contributed by atoms with Crippen LogP contribution in [-0.4, -0.2) is 4.21 Å². The zero-order valence-electron chi connectivity index (χ0n) is 39.3. The van der Waals surface area contributed by atoms with Crippen LogP contribution in [0.3, 0.4) is 0 Å². The second-order valence-corrected chi connectivity index (χ2v) is 19.5. The maximum absolute atomic E-state index is 3.88. The Bertz CT molecular complexity index is 2130. The quantitative estimate of drug-likeness (QED) is 0.152. The van der Waals surface area contributed by atoms with E-state index in [2.05, 4.69) is 221 Å². The van der Waals surface area contributed by atoms with Crippen LogP contribution in [0.1, 0.15) is 123 Å². The van der Waals surface area contributed by atoms with E-state index in [4.69, 9.17) is 0 Å². The summed E-state index contributed by atoms with van der Waals surface area (Å²) in [5.74, 6) is 0. The first-order valence-electron chi connectivity index (χ1n) is 21.2. The molecule has 62 heavy (non-hydrogen) atoms.